The van der Waals surface area contributed by atoms with Crippen molar-refractivity contribution >= 4 is 5.84 Å². The first kappa shape index (κ1) is 12.5. The van der Waals surface area contributed by atoms with Crippen LogP contribution in [0.4, 0.5) is 0 Å². The maximum Gasteiger partial charge on any atom is 0.225 e. The van der Waals surface area contributed by atoms with E-state index in [0.29, 0.717) is 17.4 Å². The van der Waals surface area contributed by atoms with E-state index in [1.807, 2.05) is 19.9 Å². The highest BCUT2D eigenvalue weighted by Crippen LogP contribution is 2.19. The molecule has 4 nitrogen and oxygen atoms in total. The molecule has 1 rings (SSSR count). The molecular formula is C12H19N3O. The Kier molecular flexibility index (Phi) is 3.88. The minimum absolute atomic E-state index is 0.0153. The van der Waals surface area contributed by atoms with Crippen molar-refractivity contribution in [1.29, 1.82) is 5.41 Å². The number of nitrogens with zero attached hydrogens (tertiary/aromatic N) is 1. The largest absolute Gasteiger partial charge is 0.474 e. The van der Waals surface area contributed by atoms with E-state index in [4.69, 9.17) is 15.9 Å². The molecule has 1 heterocycles. The molecule has 0 fully saturated rings. The van der Waals surface area contributed by atoms with Gasteiger partial charge < -0.3 is 10.5 Å². The highest BCUT2D eigenvalue weighted by Gasteiger charge is 2.14. The van der Waals surface area contributed by atoms with Crippen LogP contribution in [-0.2, 0) is 0 Å². The molecule has 0 bridgehead atoms. The van der Waals surface area contributed by atoms with Gasteiger partial charge in [0.25, 0.3) is 0 Å². The zero-order chi connectivity index (χ0) is 12.3. The Bertz CT molecular complexity index is 388. The van der Waals surface area contributed by atoms with Crippen molar-refractivity contribution in [3.05, 3.63) is 23.4 Å². The van der Waals surface area contributed by atoms with Gasteiger partial charge in [-0.1, -0.05) is 13.8 Å². The summed E-state index contributed by atoms with van der Waals surface area (Å²) in [6, 6.07) is 3.59. The molecule has 4 heteroatoms. The van der Waals surface area contributed by atoms with Crippen LogP contribution >= 0.6 is 0 Å². The Morgan fingerprint density at radius 3 is 2.50 bits per heavy atom. The molecule has 1 atom stereocenters. The third-order valence-electron chi connectivity index (χ3n) is 2.53. The van der Waals surface area contributed by atoms with Crippen molar-refractivity contribution in [1.82, 2.24) is 4.98 Å². The van der Waals surface area contributed by atoms with E-state index in [1.165, 1.54) is 0 Å². The quantitative estimate of drug-likeness (QED) is 0.604. The minimum atomic E-state index is -0.0153. The molecule has 3 N–H and O–H groups in total. The molecule has 16 heavy (non-hydrogen) atoms. The maximum absolute atomic E-state index is 7.46. The summed E-state index contributed by atoms with van der Waals surface area (Å²) in [7, 11) is 0. The van der Waals surface area contributed by atoms with Gasteiger partial charge in [-0.2, -0.15) is 0 Å². The Morgan fingerprint density at radius 1 is 1.38 bits per heavy atom. The van der Waals surface area contributed by atoms with Gasteiger partial charge >= 0.3 is 0 Å². The molecule has 1 aromatic rings. The number of amidine groups is 1. The van der Waals surface area contributed by atoms with Gasteiger partial charge in [0, 0.05) is 5.69 Å². The fraction of sp³-hybridized carbons (Fsp3) is 0.500. The predicted octanol–water partition coefficient (Wildman–Crippen LogP) is 2.10. The fourth-order valence-electron chi connectivity index (χ4n) is 1.14. The number of hydrogen-bond acceptors (Lipinski definition) is 3. The van der Waals surface area contributed by atoms with Gasteiger partial charge in [-0.3, -0.25) is 5.41 Å². The lowest BCUT2D eigenvalue weighted by molar-refractivity contribution is 0.163. The molecule has 1 unspecified atom stereocenters. The van der Waals surface area contributed by atoms with Gasteiger partial charge in [-0.05, 0) is 31.9 Å². The van der Waals surface area contributed by atoms with Gasteiger partial charge in [0.2, 0.25) is 5.88 Å². The Morgan fingerprint density at radius 2 is 2.00 bits per heavy atom. The first-order valence-corrected chi connectivity index (χ1v) is 5.40. The van der Waals surface area contributed by atoms with Crippen molar-refractivity contribution in [3.63, 3.8) is 0 Å². The van der Waals surface area contributed by atoms with E-state index in [-0.39, 0.29) is 11.9 Å². The molecule has 0 aliphatic carbocycles. The number of nitrogen functional groups attached to an aromatic ring is 1. The number of aryl methyl sites for hydroxylation is 1. The van der Waals surface area contributed by atoms with E-state index < -0.39 is 0 Å². The summed E-state index contributed by atoms with van der Waals surface area (Å²) in [5.41, 5.74) is 6.89. The Labute approximate surface area is 96.3 Å². The molecule has 0 saturated heterocycles. The second kappa shape index (κ2) is 4.96. The molecule has 0 aliphatic heterocycles. The molecular weight excluding hydrogens is 202 g/mol. The van der Waals surface area contributed by atoms with Crippen LogP contribution in [0.1, 0.15) is 32.0 Å². The van der Waals surface area contributed by atoms with Gasteiger partial charge in [0.15, 0.2) is 0 Å². The van der Waals surface area contributed by atoms with Gasteiger partial charge in [-0.15, -0.1) is 0 Å². The van der Waals surface area contributed by atoms with Crippen molar-refractivity contribution in [3.8, 4) is 5.88 Å². The van der Waals surface area contributed by atoms with Crippen LogP contribution in [0.3, 0.4) is 0 Å². The fourth-order valence-corrected chi connectivity index (χ4v) is 1.14. The molecule has 0 amide bonds. The predicted molar refractivity (Wildman–Crippen MR) is 64.9 cm³/mol. The van der Waals surface area contributed by atoms with Crippen LogP contribution in [0, 0.1) is 18.3 Å². The molecule has 0 saturated carbocycles. The number of hydrogen-bond donors (Lipinski definition) is 2. The Hall–Kier alpha value is -1.58. The molecule has 0 spiro atoms. The van der Waals surface area contributed by atoms with E-state index in [0.717, 1.165) is 5.69 Å². The van der Waals surface area contributed by atoms with Crippen LogP contribution in [0.25, 0.3) is 0 Å². The van der Waals surface area contributed by atoms with Gasteiger partial charge in [-0.25, -0.2) is 4.98 Å². The smallest absolute Gasteiger partial charge is 0.225 e. The molecule has 88 valence electrons. The summed E-state index contributed by atoms with van der Waals surface area (Å²) in [6.45, 7) is 8.03. The monoisotopic (exact) mass is 221 g/mol. The zero-order valence-electron chi connectivity index (χ0n) is 10.2. The van der Waals surface area contributed by atoms with E-state index in [2.05, 4.69) is 18.8 Å². The Balaban J connectivity index is 3.01. The van der Waals surface area contributed by atoms with Crippen LogP contribution in [0.2, 0.25) is 0 Å². The summed E-state index contributed by atoms with van der Waals surface area (Å²) in [5, 5.41) is 7.46. The normalized spacial score (nSPS) is 12.6. The van der Waals surface area contributed by atoms with Crippen molar-refractivity contribution in [2.75, 3.05) is 0 Å². The van der Waals surface area contributed by atoms with E-state index in [9.17, 15) is 0 Å². The molecule has 0 aromatic carbocycles. The number of rotatable bonds is 4. The molecule has 0 radical (unpaired) electrons. The van der Waals surface area contributed by atoms with Gasteiger partial charge in [0.05, 0.1) is 11.7 Å². The maximum atomic E-state index is 7.46. The van der Waals surface area contributed by atoms with Crippen LogP contribution in [0.5, 0.6) is 5.88 Å². The van der Waals surface area contributed by atoms with E-state index >= 15 is 0 Å². The average Bonchev–Trinajstić information content (AvgIpc) is 2.16. The highest BCUT2D eigenvalue weighted by molar-refractivity contribution is 5.97. The number of aromatic nitrogens is 1. The van der Waals surface area contributed by atoms with Gasteiger partial charge in [0.1, 0.15) is 5.84 Å². The zero-order valence-corrected chi connectivity index (χ0v) is 10.2. The van der Waals surface area contributed by atoms with Crippen LogP contribution in [0.15, 0.2) is 12.1 Å². The second-order valence-electron chi connectivity index (χ2n) is 4.29. The summed E-state index contributed by atoms with van der Waals surface area (Å²) in [6.07, 6.45) is 0.0485. The topological polar surface area (TPSA) is 72.0 Å². The SMILES string of the molecule is Cc1ccc(C(=N)N)c(OC(C)C(C)C)n1. The van der Waals surface area contributed by atoms with E-state index in [1.54, 1.807) is 6.07 Å². The average molecular weight is 221 g/mol. The molecule has 1 aromatic heterocycles. The number of ether oxygens (including phenoxy) is 1. The first-order chi connectivity index (χ1) is 7.41. The minimum Gasteiger partial charge on any atom is -0.474 e. The third kappa shape index (κ3) is 2.95. The van der Waals surface area contributed by atoms with Crippen molar-refractivity contribution < 1.29 is 4.74 Å². The van der Waals surface area contributed by atoms with Crippen LogP contribution < -0.4 is 10.5 Å². The lowest BCUT2D eigenvalue weighted by atomic mass is 10.1. The molecule has 0 aliphatic rings. The highest BCUT2D eigenvalue weighted by atomic mass is 16.5. The standard InChI is InChI=1S/C12H19N3O/c1-7(2)9(4)16-12-10(11(13)14)6-5-8(3)15-12/h5-7,9H,1-4H3,(H3,13,14). The summed E-state index contributed by atoms with van der Waals surface area (Å²) >= 11 is 0. The summed E-state index contributed by atoms with van der Waals surface area (Å²) < 4.78 is 5.72. The number of nitrogens with one attached hydrogen (secondary N) is 1. The van der Waals surface area contributed by atoms with Crippen molar-refractivity contribution in [2.45, 2.75) is 33.8 Å². The number of pyridine rings is 1. The first-order valence-electron chi connectivity index (χ1n) is 5.40. The third-order valence-corrected chi connectivity index (χ3v) is 2.53. The van der Waals surface area contributed by atoms with Crippen molar-refractivity contribution in [2.24, 2.45) is 11.7 Å². The number of nitrogens with two attached hydrogens (primary N) is 1. The lowest BCUT2D eigenvalue weighted by Gasteiger charge is -2.19. The second-order valence-corrected chi connectivity index (χ2v) is 4.29. The summed E-state index contributed by atoms with van der Waals surface area (Å²) in [4.78, 5) is 4.27. The van der Waals surface area contributed by atoms with Crippen LogP contribution in [-0.4, -0.2) is 16.9 Å². The summed E-state index contributed by atoms with van der Waals surface area (Å²) in [5.74, 6) is 0.828. The lowest BCUT2D eigenvalue weighted by Crippen LogP contribution is -2.22.